The predicted molar refractivity (Wildman–Crippen MR) is 110 cm³/mol. The van der Waals surface area contributed by atoms with Gasteiger partial charge in [0.15, 0.2) is 15.8 Å². The van der Waals surface area contributed by atoms with E-state index in [1.54, 1.807) is 20.8 Å². The first-order valence-electron chi connectivity index (χ1n) is 7.42. The van der Waals surface area contributed by atoms with Crippen LogP contribution in [0.1, 0.15) is 46.1 Å². The average molecular weight is 453 g/mol. The highest BCUT2D eigenvalue weighted by atomic mass is 127. The van der Waals surface area contributed by atoms with E-state index >= 15 is 0 Å². The number of nitrogens with zero attached hydrogens (tertiary/aromatic N) is 1. The van der Waals surface area contributed by atoms with Crippen molar-refractivity contribution in [3.05, 3.63) is 29.8 Å². The zero-order valence-corrected chi connectivity index (χ0v) is 17.6. The summed E-state index contributed by atoms with van der Waals surface area (Å²) in [4.78, 5) is 4.10. The van der Waals surface area contributed by atoms with Crippen LogP contribution in [0.3, 0.4) is 0 Å². The van der Waals surface area contributed by atoms with Gasteiger partial charge in [-0.2, -0.15) is 0 Å². The summed E-state index contributed by atoms with van der Waals surface area (Å²) in [5.74, 6) is 0.645. The lowest BCUT2D eigenvalue weighted by molar-refractivity contribution is 0.560. The van der Waals surface area contributed by atoms with Gasteiger partial charge in [-0.05, 0) is 44.4 Å². The number of anilines is 1. The summed E-state index contributed by atoms with van der Waals surface area (Å²) >= 11 is 0. The van der Waals surface area contributed by atoms with Crippen molar-refractivity contribution in [2.24, 2.45) is 10.7 Å². The van der Waals surface area contributed by atoms with Crippen LogP contribution >= 0.6 is 24.0 Å². The van der Waals surface area contributed by atoms with Crippen molar-refractivity contribution >= 4 is 45.5 Å². The number of nitrogens with two attached hydrogens (primary N) is 1. The fourth-order valence-electron chi connectivity index (χ4n) is 1.76. The first kappa shape index (κ1) is 22.2. The third kappa shape index (κ3) is 7.07. The molecule has 0 atom stereocenters. The molecule has 0 aromatic heterocycles. The summed E-state index contributed by atoms with van der Waals surface area (Å²) in [5, 5.41) is 3.00. The number of aliphatic imine (C=N–C) groups is 1. The van der Waals surface area contributed by atoms with Crippen molar-refractivity contribution in [1.82, 2.24) is 0 Å². The molecule has 3 N–H and O–H groups in total. The zero-order chi connectivity index (χ0) is 17.0. The molecule has 7 heteroatoms. The van der Waals surface area contributed by atoms with Gasteiger partial charge in [-0.25, -0.2) is 8.42 Å². The molecule has 0 spiro atoms. The molecule has 0 radical (unpaired) electrons. The Morgan fingerprint density at radius 2 is 1.91 bits per heavy atom. The van der Waals surface area contributed by atoms with Crippen LogP contribution in [0.5, 0.6) is 0 Å². The van der Waals surface area contributed by atoms with Gasteiger partial charge in [0.1, 0.15) is 0 Å². The number of guanidine groups is 1. The first-order valence-corrected chi connectivity index (χ1v) is 9.07. The fourth-order valence-corrected chi connectivity index (χ4v) is 2.70. The minimum Gasteiger partial charge on any atom is -0.370 e. The Balaban J connectivity index is 0.00000484. The van der Waals surface area contributed by atoms with Crippen LogP contribution in [0.2, 0.25) is 0 Å². The molecular formula is C16H28IN3O2S. The zero-order valence-electron chi connectivity index (χ0n) is 14.5. The molecular weight excluding hydrogens is 425 g/mol. The van der Waals surface area contributed by atoms with Gasteiger partial charge in [-0.15, -0.1) is 24.0 Å². The molecule has 0 aliphatic heterocycles. The van der Waals surface area contributed by atoms with Crippen LogP contribution < -0.4 is 11.1 Å². The third-order valence-corrected chi connectivity index (χ3v) is 5.99. The molecule has 23 heavy (non-hydrogen) atoms. The van der Waals surface area contributed by atoms with E-state index in [0.717, 1.165) is 5.69 Å². The van der Waals surface area contributed by atoms with Crippen molar-refractivity contribution in [2.45, 2.75) is 45.3 Å². The van der Waals surface area contributed by atoms with Gasteiger partial charge >= 0.3 is 0 Å². The molecule has 132 valence electrons. The van der Waals surface area contributed by atoms with Crippen LogP contribution in [0, 0.1) is 0 Å². The Morgan fingerprint density at radius 3 is 2.43 bits per heavy atom. The fraction of sp³-hybridized carbons (Fsp3) is 0.562. The van der Waals surface area contributed by atoms with Gasteiger partial charge in [0.05, 0.1) is 17.0 Å². The molecule has 1 aromatic rings. The monoisotopic (exact) mass is 453 g/mol. The standard InChI is InChI=1S/C16H27N3O2S.HI/c1-12(2)13-7-6-8-14(11-13)19-15(17)18-9-10-22(20,21)16(3,4)5;/h6-8,11-12H,9-10H2,1-5H3,(H3,17,18,19);1H. The minimum atomic E-state index is -3.17. The summed E-state index contributed by atoms with van der Waals surface area (Å²) in [6.07, 6.45) is 0. The van der Waals surface area contributed by atoms with E-state index in [-0.39, 0.29) is 42.2 Å². The Bertz CT molecular complexity index is 635. The van der Waals surface area contributed by atoms with Crippen LogP contribution in [0.25, 0.3) is 0 Å². The maximum absolute atomic E-state index is 12.0. The Hall–Kier alpha value is -0.830. The number of hydrogen-bond acceptors (Lipinski definition) is 3. The van der Waals surface area contributed by atoms with Gasteiger partial charge < -0.3 is 11.1 Å². The van der Waals surface area contributed by atoms with E-state index in [1.807, 2.05) is 18.2 Å². The van der Waals surface area contributed by atoms with Crippen LogP contribution in [0.4, 0.5) is 5.69 Å². The highest BCUT2D eigenvalue weighted by Crippen LogP contribution is 2.18. The Labute approximate surface area is 157 Å². The molecule has 0 aliphatic rings. The van der Waals surface area contributed by atoms with E-state index in [0.29, 0.717) is 5.92 Å². The quantitative estimate of drug-likeness (QED) is 0.407. The topological polar surface area (TPSA) is 84.5 Å². The largest absolute Gasteiger partial charge is 0.370 e. The average Bonchev–Trinajstić information content (AvgIpc) is 2.37. The molecule has 5 nitrogen and oxygen atoms in total. The molecule has 0 amide bonds. The lowest BCUT2D eigenvalue weighted by atomic mass is 10.0. The number of sulfone groups is 1. The smallest absolute Gasteiger partial charge is 0.193 e. The van der Waals surface area contributed by atoms with Crippen molar-refractivity contribution in [2.75, 3.05) is 17.6 Å². The first-order chi connectivity index (χ1) is 10.0. The third-order valence-electron chi connectivity index (χ3n) is 3.40. The highest BCUT2D eigenvalue weighted by molar-refractivity contribution is 14.0. The number of nitrogens with one attached hydrogen (secondary N) is 1. The molecule has 0 saturated heterocycles. The summed E-state index contributed by atoms with van der Waals surface area (Å²) in [6, 6.07) is 7.92. The number of benzene rings is 1. The molecule has 1 rings (SSSR count). The van der Waals surface area contributed by atoms with Crippen molar-refractivity contribution in [1.29, 1.82) is 0 Å². The number of rotatable bonds is 5. The van der Waals surface area contributed by atoms with Crippen molar-refractivity contribution in [3.63, 3.8) is 0 Å². The van der Waals surface area contributed by atoms with Gasteiger partial charge in [-0.1, -0.05) is 26.0 Å². The second-order valence-electron chi connectivity index (χ2n) is 6.60. The maximum atomic E-state index is 12.0. The summed E-state index contributed by atoms with van der Waals surface area (Å²) in [6.45, 7) is 9.45. The number of halogens is 1. The van der Waals surface area contributed by atoms with Gasteiger partial charge in [0.2, 0.25) is 0 Å². The van der Waals surface area contributed by atoms with Gasteiger partial charge in [0, 0.05) is 5.69 Å². The van der Waals surface area contributed by atoms with E-state index in [4.69, 9.17) is 5.73 Å². The van der Waals surface area contributed by atoms with E-state index in [9.17, 15) is 8.42 Å². The van der Waals surface area contributed by atoms with Gasteiger partial charge in [-0.3, -0.25) is 4.99 Å². The van der Waals surface area contributed by atoms with E-state index < -0.39 is 14.6 Å². The number of hydrogen-bond donors (Lipinski definition) is 2. The minimum absolute atomic E-state index is 0. The van der Waals surface area contributed by atoms with Crippen LogP contribution in [-0.4, -0.2) is 31.4 Å². The lowest BCUT2D eigenvalue weighted by Gasteiger charge is -2.18. The molecule has 0 fully saturated rings. The molecule has 1 aromatic carbocycles. The second kappa shape index (κ2) is 8.86. The van der Waals surface area contributed by atoms with Gasteiger partial charge in [0.25, 0.3) is 0 Å². The molecule has 0 saturated carbocycles. The van der Waals surface area contributed by atoms with Crippen molar-refractivity contribution < 1.29 is 8.42 Å². The summed E-state index contributed by atoms with van der Waals surface area (Å²) in [7, 11) is -3.17. The molecule has 0 bridgehead atoms. The second-order valence-corrected chi connectivity index (χ2v) is 9.47. The maximum Gasteiger partial charge on any atom is 0.193 e. The molecule has 0 aliphatic carbocycles. The molecule has 0 heterocycles. The Kier molecular flexibility index (Phi) is 8.54. The SMILES string of the molecule is CC(C)c1cccc(NC(N)=NCCS(=O)(=O)C(C)(C)C)c1.I. The summed E-state index contributed by atoms with van der Waals surface area (Å²) in [5.41, 5.74) is 7.87. The Morgan fingerprint density at radius 1 is 1.30 bits per heavy atom. The predicted octanol–water partition coefficient (Wildman–Crippen LogP) is 3.37. The van der Waals surface area contributed by atoms with Crippen LogP contribution in [0.15, 0.2) is 29.3 Å². The highest BCUT2D eigenvalue weighted by Gasteiger charge is 2.28. The van der Waals surface area contributed by atoms with Crippen LogP contribution in [-0.2, 0) is 9.84 Å². The van der Waals surface area contributed by atoms with E-state index in [1.165, 1.54) is 5.56 Å². The molecule has 0 unspecified atom stereocenters. The van der Waals surface area contributed by atoms with Crippen molar-refractivity contribution in [3.8, 4) is 0 Å². The van der Waals surface area contributed by atoms with E-state index in [2.05, 4.69) is 30.2 Å². The lowest BCUT2D eigenvalue weighted by Crippen LogP contribution is -2.32. The normalized spacial score (nSPS) is 12.9. The summed E-state index contributed by atoms with van der Waals surface area (Å²) < 4.78 is 23.2.